The van der Waals surface area contributed by atoms with Crippen molar-refractivity contribution in [1.82, 2.24) is 5.32 Å². The number of benzodiazepines with no additional fused rings is 1. The molecule has 1 aliphatic carbocycles. The number of carbonyl (C=O) groups excluding carboxylic acids is 3. The summed E-state index contributed by atoms with van der Waals surface area (Å²) in [6.45, 7) is 4.03. The number of primary amides is 1. The fourth-order valence-electron chi connectivity index (χ4n) is 6.39. The van der Waals surface area contributed by atoms with Crippen LogP contribution in [0.3, 0.4) is 0 Å². The number of hydrogen-bond acceptors (Lipinski definition) is 5. The summed E-state index contributed by atoms with van der Waals surface area (Å²) in [4.78, 5) is 47.9. The van der Waals surface area contributed by atoms with Gasteiger partial charge in [-0.15, -0.1) is 6.58 Å². The first-order valence-corrected chi connectivity index (χ1v) is 16.3. The molecule has 244 valence electrons. The molecule has 6 rings (SSSR count). The van der Waals surface area contributed by atoms with Gasteiger partial charge in [0.1, 0.15) is 5.75 Å². The molecule has 48 heavy (non-hydrogen) atoms. The number of benzene rings is 4. The Morgan fingerprint density at radius 1 is 0.938 bits per heavy atom. The largest absolute Gasteiger partial charge is 0.497 e. The second kappa shape index (κ2) is 14.5. The normalized spacial score (nSPS) is 16.9. The molecular weight excluding hydrogens is 600 g/mol. The molecule has 8 heteroatoms. The van der Waals surface area contributed by atoms with E-state index >= 15 is 0 Å². The topological polar surface area (TPSA) is 114 Å². The van der Waals surface area contributed by atoms with Crippen LogP contribution in [0.2, 0.25) is 0 Å². The molecule has 2 aliphatic rings. The Morgan fingerprint density at radius 2 is 1.65 bits per heavy atom. The predicted molar refractivity (Wildman–Crippen MR) is 188 cm³/mol. The summed E-state index contributed by atoms with van der Waals surface area (Å²) in [6, 6.07) is 33.2. The van der Waals surface area contributed by atoms with Crippen LogP contribution in [-0.2, 0) is 20.9 Å². The van der Waals surface area contributed by atoms with Crippen LogP contribution in [-0.4, -0.2) is 36.7 Å². The van der Waals surface area contributed by atoms with Crippen molar-refractivity contribution in [3.63, 3.8) is 0 Å². The van der Waals surface area contributed by atoms with E-state index in [4.69, 9.17) is 15.5 Å². The maximum atomic E-state index is 14.6. The first-order chi connectivity index (χ1) is 23.4. The van der Waals surface area contributed by atoms with Crippen molar-refractivity contribution in [3.05, 3.63) is 132 Å². The fraction of sp³-hybridized carbons (Fsp3) is 0.250. The number of methoxy groups -OCH3 is 1. The Hall–Kier alpha value is -5.50. The lowest BCUT2D eigenvalue weighted by Crippen LogP contribution is -2.50. The number of rotatable bonds is 13. The molecule has 0 bridgehead atoms. The summed E-state index contributed by atoms with van der Waals surface area (Å²) in [5.41, 5.74) is 11.6. The molecule has 4 aromatic rings. The van der Waals surface area contributed by atoms with Gasteiger partial charge < -0.3 is 20.7 Å². The standard InChI is InChI=1S/C40H40N4O4/c1-3-10-32(37(41)45)34(24-26-17-18-26)39(46)43-38-40(47)44(25-27-11-9-14-30(23-27)28-19-21-31(48-2)22-20-28)35-16-8-7-15-33(35)36(42-38)29-12-5-4-6-13-29/h3-9,11-16,19-23,26,32,34,38H,1,10,17-18,24-25H2,2H3,(H2,41,45)(H,43,46)/t32-,34+,38?/m0/s1. The Kier molecular flexibility index (Phi) is 9.80. The number of nitrogens with two attached hydrogens (primary N) is 1. The summed E-state index contributed by atoms with van der Waals surface area (Å²) < 4.78 is 5.33. The van der Waals surface area contributed by atoms with Gasteiger partial charge in [-0.05, 0) is 59.7 Å². The van der Waals surface area contributed by atoms with E-state index in [-0.39, 0.29) is 18.9 Å². The van der Waals surface area contributed by atoms with Crippen molar-refractivity contribution in [1.29, 1.82) is 0 Å². The zero-order valence-electron chi connectivity index (χ0n) is 27.0. The van der Waals surface area contributed by atoms with Gasteiger partial charge in [0, 0.05) is 11.1 Å². The predicted octanol–water partition coefficient (Wildman–Crippen LogP) is 6.28. The van der Waals surface area contributed by atoms with Gasteiger partial charge in [0.15, 0.2) is 0 Å². The highest BCUT2D eigenvalue weighted by Gasteiger charge is 2.40. The minimum atomic E-state index is -1.23. The van der Waals surface area contributed by atoms with Gasteiger partial charge in [0.25, 0.3) is 5.91 Å². The van der Waals surface area contributed by atoms with E-state index in [1.807, 2.05) is 97.1 Å². The van der Waals surface area contributed by atoms with Crippen molar-refractivity contribution in [2.75, 3.05) is 12.0 Å². The molecule has 0 spiro atoms. The third-order valence-electron chi connectivity index (χ3n) is 9.12. The number of para-hydroxylation sites is 1. The first kappa shape index (κ1) is 32.4. The van der Waals surface area contributed by atoms with E-state index in [0.29, 0.717) is 23.7 Å². The van der Waals surface area contributed by atoms with E-state index in [1.54, 1.807) is 18.1 Å². The van der Waals surface area contributed by atoms with Crippen LogP contribution >= 0.6 is 0 Å². The number of hydrogen-bond donors (Lipinski definition) is 2. The molecule has 1 heterocycles. The van der Waals surface area contributed by atoms with Gasteiger partial charge in [-0.25, -0.2) is 4.99 Å². The number of allylic oxidation sites excluding steroid dienone is 1. The minimum absolute atomic E-state index is 0.246. The lowest BCUT2D eigenvalue weighted by Gasteiger charge is -2.28. The zero-order valence-corrected chi connectivity index (χ0v) is 27.0. The number of nitrogens with zero attached hydrogens (tertiary/aromatic N) is 2. The molecule has 3 amide bonds. The lowest BCUT2D eigenvalue weighted by molar-refractivity contribution is -0.135. The van der Waals surface area contributed by atoms with Crippen molar-refractivity contribution >= 4 is 29.1 Å². The molecule has 3 atom stereocenters. The highest BCUT2D eigenvalue weighted by Crippen LogP contribution is 2.39. The van der Waals surface area contributed by atoms with Crippen LogP contribution in [0.25, 0.3) is 11.1 Å². The van der Waals surface area contributed by atoms with E-state index in [0.717, 1.165) is 46.4 Å². The number of aliphatic imine (C=N–C) groups is 1. The quantitative estimate of drug-likeness (QED) is 0.167. The maximum absolute atomic E-state index is 14.6. The van der Waals surface area contributed by atoms with Crippen LogP contribution < -0.4 is 20.7 Å². The maximum Gasteiger partial charge on any atom is 0.272 e. The molecule has 3 N–H and O–H groups in total. The Labute approximate surface area is 281 Å². The molecule has 8 nitrogen and oxygen atoms in total. The van der Waals surface area contributed by atoms with Crippen LogP contribution in [0.15, 0.2) is 121 Å². The lowest BCUT2D eigenvalue weighted by atomic mass is 9.84. The number of fused-ring (bicyclic) bond motifs is 1. The zero-order chi connectivity index (χ0) is 33.6. The van der Waals surface area contributed by atoms with Gasteiger partial charge in [-0.3, -0.25) is 14.4 Å². The Bertz CT molecular complexity index is 1830. The summed E-state index contributed by atoms with van der Waals surface area (Å²) in [7, 11) is 1.64. The number of ether oxygens (including phenoxy) is 1. The number of carbonyl (C=O) groups is 3. The summed E-state index contributed by atoms with van der Waals surface area (Å²) in [5.74, 6) is -1.64. The number of anilines is 1. The second-order valence-electron chi connectivity index (χ2n) is 12.4. The van der Waals surface area contributed by atoms with E-state index in [2.05, 4.69) is 18.0 Å². The van der Waals surface area contributed by atoms with Crippen LogP contribution in [0.1, 0.15) is 42.4 Å². The van der Waals surface area contributed by atoms with Crippen molar-refractivity contribution in [2.45, 2.75) is 38.4 Å². The van der Waals surface area contributed by atoms with Gasteiger partial charge in [0.2, 0.25) is 18.0 Å². The molecule has 0 radical (unpaired) electrons. The summed E-state index contributed by atoms with van der Waals surface area (Å²) in [6.07, 6.45) is 3.18. The summed E-state index contributed by atoms with van der Waals surface area (Å²) in [5, 5.41) is 2.96. The van der Waals surface area contributed by atoms with Gasteiger partial charge in [0.05, 0.1) is 36.9 Å². The number of nitrogens with one attached hydrogen (secondary N) is 1. The monoisotopic (exact) mass is 640 g/mol. The summed E-state index contributed by atoms with van der Waals surface area (Å²) >= 11 is 0. The smallest absolute Gasteiger partial charge is 0.272 e. The molecule has 1 saturated carbocycles. The minimum Gasteiger partial charge on any atom is -0.497 e. The third-order valence-corrected chi connectivity index (χ3v) is 9.12. The average Bonchev–Trinajstić information content (AvgIpc) is 3.95. The van der Waals surface area contributed by atoms with Crippen molar-refractivity contribution in [2.24, 2.45) is 28.5 Å². The third kappa shape index (κ3) is 7.23. The van der Waals surface area contributed by atoms with E-state index in [1.165, 1.54) is 0 Å². The van der Waals surface area contributed by atoms with Gasteiger partial charge in [-0.1, -0.05) is 97.8 Å². The van der Waals surface area contributed by atoms with Crippen LogP contribution in [0.4, 0.5) is 5.69 Å². The van der Waals surface area contributed by atoms with Crippen molar-refractivity contribution in [3.8, 4) is 16.9 Å². The molecule has 1 aliphatic heterocycles. The van der Waals surface area contributed by atoms with E-state index < -0.39 is 29.8 Å². The van der Waals surface area contributed by atoms with Gasteiger partial charge in [-0.2, -0.15) is 0 Å². The van der Waals surface area contributed by atoms with Crippen LogP contribution in [0, 0.1) is 17.8 Å². The van der Waals surface area contributed by atoms with E-state index in [9.17, 15) is 14.4 Å². The highest BCUT2D eigenvalue weighted by molar-refractivity contribution is 6.20. The first-order valence-electron chi connectivity index (χ1n) is 16.3. The van der Waals surface area contributed by atoms with Gasteiger partial charge >= 0.3 is 0 Å². The van der Waals surface area contributed by atoms with Crippen molar-refractivity contribution < 1.29 is 19.1 Å². The van der Waals surface area contributed by atoms with Crippen LogP contribution in [0.5, 0.6) is 5.75 Å². The molecule has 4 aromatic carbocycles. The molecule has 1 fully saturated rings. The number of amides is 3. The average molecular weight is 641 g/mol. The molecule has 1 unspecified atom stereocenters. The second-order valence-corrected chi connectivity index (χ2v) is 12.4. The SMILES string of the molecule is C=CC[C@H](C(N)=O)[C@@H](CC1CC1)C(=O)NC1N=C(c2ccccc2)c2ccccc2N(Cc2cccc(-c3ccc(OC)cc3)c2)C1=O. The fourth-order valence-corrected chi connectivity index (χ4v) is 6.39. The Morgan fingerprint density at radius 3 is 2.33 bits per heavy atom. The molecule has 0 aromatic heterocycles. The molecular formula is C40H40N4O4. The highest BCUT2D eigenvalue weighted by atomic mass is 16.5. The Balaban J connectivity index is 1.39. The molecule has 0 saturated heterocycles.